The van der Waals surface area contributed by atoms with Crippen LogP contribution >= 0.6 is 0 Å². The maximum atomic E-state index is 11.8. The maximum Gasteiger partial charge on any atom is 0.228 e. The summed E-state index contributed by atoms with van der Waals surface area (Å²) in [5, 5.41) is 5.36. The first-order chi connectivity index (χ1) is 21.3. The Labute approximate surface area is 267 Å². The minimum Gasteiger partial charge on any atom is -0.346 e. The molecule has 8 heteroatoms. The minimum absolute atomic E-state index is 0.00380. The van der Waals surface area contributed by atoms with E-state index in [1.807, 2.05) is 0 Å². The summed E-state index contributed by atoms with van der Waals surface area (Å²) < 4.78 is 0. The average Bonchev–Trinajstić information content (AvgIpc) is 3.58. The fraction of sp³-hybridized carbons (Fsp3) is 0.833. The van der Waals surface area contributed by atoms with Crippen LogP contribution in [0.3, 0.4) is 0 Å². The average molecular weight is 619 g/mol. The van der Waals surface area contributed by atoms with Gasteiger partial charge in [-0.1, -0.05) is 104 Å². The van der Waals surface area contributed by atoms with Crippen LogP contribution in [0.2, 0.25) is 0 Å². The second-order valence-corrected chi connectivity index (χ2v) is 12.8. The molecule has 2 aliphatic rings. The fourth-order valence-electron chi connectivity index (χ4n) is 5.87. The van der Waals surface area contributed by atoms with Crippen LogP contribution in [-0.2, 0) is 28.8 Å². The van der Waals surface area contributed by atoms with Gasteiger partial charge in [0.05, 0.1) is 24.9 Å². The van der Waals surface area contributed by atoms with E-state index in [0.29, 0.717) is 25.7 Å². The summed E-state index contributed by atoms with van der Waals surface area (Å²) in [6.07, 6.45) is 24.2. The lowest BCUT2D eigenvalue weighted by Crippen LogP contribution is -2.38. The summed E-state index contributed by atoms with van der Waals surface area (Å²) in [5.74, 6) is -0.385. The molecule has 2 atom stereocenters. The van der Waals surface area contributed by atoms with Gasteiger partial charge in [0.25, 0.3) is 0 Å². The van der Waals surface area contributed by atoms with Gasteiger partial charge in [-0.15, -0.1) is 0 Å². The largest absolute Gasteiger partial charge is 0.346 e. The Morgan fingerprint density at radius 2 is 0.841 bits per heavy atom. The number of amides is 2. The second-order valence-electron chi connectivity index (χ2n) is 12.8. The number of hydrogen-bond acceptors (Lipinski definition) is 6. The molecule has 2 N–H and O–H groups in total. The standard InChI is InChI=1S/C19H33NO3.C17H29NO3/c1-2-3-4-5-6-7-8-9-10-12-16(21)15-19(23)20-17-13-11-14-18(17)22;1-2-3-4-5-6-7-8-10-14(19)13-17(21)18-15-11-9-12-16(15)20/h17H,2-15H2,1H3,(H,20,23);15H,2-13H2,1H3,(H,18,21)/t17-;15-/m00/s1. The Hall–Kier alpha value is -2.38. The van der Waals surface area contributed by atoms with Crippen molar-refractivity contribution in [3.63, 3.8) is 0 Å². The summed E-state index contributed by atoms with van der Waals surface area (Å²) in [6, 6.07) is -0.688. The van der Waals surface area contributed by atoms with E-state index in [-0.39, 0.29) is 59.9 Å². The molecule has 2 saturated carbocycles. The first-order valence-electron chi connectivity index (χ1n) is 17.9. The third-order valence-electron chi connectivity index (χ3n) is 8.61. The van der Waals surface area contributed by atoms with Crippen LogP contribution < -0.4 is 10.6 Å². The fourth-order valence-corrected chi connectivity index (χ4v) is 5.87. The highest BCUT2D eigenvalue weighted by Crippen LogP contribution is 2.16. The molecule has 44 heavy (non-hydrogen) atoms. The molecule has 0 radical (unpaired) electrons. The second kappa shape index (κ2) is 25.9. The van der Waals surface area contributed by atoms with Gasteiger partial charge < -0.3 is 10.6 Å². The molecule has 0 heterocycles. The van der Waals surface area contributed by atoms with E-state index >= 15 is 0 Å². The molecule has 252 valence electrons. The van der Waals surface area contributed by atoms with E-state index in [1.165, 1.54) is 77.0 Å². The molecule has 2 rings (SSSR count). The molecule has 0 bridgehead atoms. The van der Waals surface area contributed by atoms with Gasteiger partial charge in [-0.2, -0.15) is 0 Å². The predicted molar refractivity (Wildman–Crippen MR) is 175 cm³/mol. The molecule has 0 spiro atoms. The van der Waals surface area contributed by atoms with Crippen molar-refractivity contribution in [2.24, 2.45) is 0 Å². The van der Waals surface area contributed by atoms with Crippen molar-refractivity contribution < 1.29 is 28.8 Å². The summed E-state index contributed by atoms with van der Waals surface area (Å²) in [5.41, 5.74) is 0. The van der Waals surface area contributed by atoms with Gasteiger partial charge in [0.15, 0.2) is 11.6 Å². The van der Waals surface area contributed by atoms with Crippen molar-refractivity contribution in [2.45, 2.75) is 193 Å². The molecule has 0 aromatic heterocycles. The van der Waals surface area contributed by atoms with Crippen molar-refractivity contribution in [3.05, 3.63) is 0 Å². The number of rotatable bonds is 24. The Morgan fingerprint density at radius 1 is 0.523 bits per heavy atom. The lowest BCUT2D eigenvalue weighted by Gasteiger charge is -2.10. The Kier molecular flexibility index (Phi) is 23.3. The van der Waals surface area contributed by atoms with Crippen molar-refractivity contribution in [3.8, 4) is 0 Å². The summed E-state index contributed by atoms with van der Waals surface area (Å²) in [4.78, 5) is 69.7. The van der Waals surface area contributed by atoms with E-state index in [2.05, 4.69) is 24.5 Å². The Bertz CT molecular complexity index is 871. The van der Waals surface area contributed by atoms with Crippen LogP contribution in [0.4, 0.5) is 0 Å². The summed E-state index contributed by atoms with van der Waals surface area (Å²) >= 11 is 0. The summed E-state index contributed by atoms with van der Waals surface area (Å²) in [7, 11) is 0. The molecule has 2 amide bonds. The van der Waals surface area contributed by atoms with Gasteiger partial charge in [-0.25, -0.2) is 0 Å². The van der Waals surface area contributed by atoms with Gasteiger partial charge in [-0.05, 0) is 38.5 Å². The normalized spacial score (nSPS) is 17.7. The third kappa shape index (κ3) is 20.6. The van der Waals surface area contributed by atoms with E-state index in [0.717, 1.165) is 51.4 Å². The molecule has 0 aromatic carbocycles. The molecule has 2 fully saturated rings. The minimum atomic E-state index is -0.344. The molecular weight excluding hydrogens is 556 g/mol. The number of carbonyl (C=O) groups excluding carboxylic acids is 6. The topological polar surface area (TPSA) is 126 Å². The highest BCUT2D eigenvalue weighted by Gasteiger charge is 2.27. The first kappa shape index (κ1) is 39.6. The maximum absolute atomic E-state index is 11.8. The van der Waals surface area contributed by atoms with Crippen LogP contribution in [0.1, 0.15) is 181 Å². The number of ketones is 4. The van der Waals surface area contributed by atoms with Gasteiger partial charge in [0.2, 0.25) is 11.8 Å². The Morgan fingerprint density at radius 3 is 1.14 bits per heavy atom. The molecule has 0 saturated heterocycles. The molecule has 0 unspecified atom stereocenters. The summed E-state index contributed by atoms with van der Waals surface area (Å²) in [6.45, 7) is 4.42. The number of nitrogens with one attached hydrogen (secondary N) is 2. The quantitative estimate of drug-likeness (QED) is 0.0856. The molecule has 8 nitrogen and oxygen atoms in total. The van der Waals surface area contributed by atoms with E-state index in [4.69, 9.17) is 0 Å². The van der Waals surface area contributed by atoms with Gasteiger partial charge in [0, 0.05) is 25.7 Å². The third-order valence-corrected chi connectivity index (χ3v) is 8.61. The number of carbonyl (C=O) groups is 6. The molecular formula is C36H62N2O6. The van der Waals surface area contributed by atoms with Crippen LogP contribution in [0.15, 0.2) is 0 Å². The van der Waals surface area contributed by atoms with Crippen molar-refractivity contribution >= 4 is 34.9 Å². The van der Waals surface area contributed by atoms with Gasteiger partial charge in [-0.3, -0.25) is 28.8 Å². The van der Waals surface area contributed by atoms with Crippen LogP contribution in [0.5, 0.6) is 0 Å². The van der Waals surface area contributed by atoms with Crippen LogP contribution in [-0.4, -0.2) is 47.0 Å². The Balaban J connectivity index is 0.000000442. The van der Waals surface area contributed by atoms with Crippen LogP contribution in [0, 0.1) is 0 Å². The number of unbranched alkanes of at least 4 members (excludes halogenated alkanes) is 14. The van der Waals surface area contributed by atoms with Gasteiger partial charge >= 0.3 is 0 Å². The van der Waals surface area contributed by atoms with Crippen LogP contribution in [0.25, 0.3) is 0 Å². The highest BCUT2D eigenvalue weighted by molar-refractivity contribution is 6.00. The monoisotopic (exact) mass is 618 g/mol. The molecule has 0 aliphatic heterocycles. The number of Topliss-reactive ketones (excluding diaryl/α,β-unsaturated/α-hetero) is 4. The zero-order valence-corrected chi connectivity index (χ0v) is 28.0. The smallest absolute Gasteiger partial charge is 0.228 e. The number of hydrogen-bond donors (Lipinski definition) is 2. The van der Waals surface area contributed by atoms with Crippen molar-refractivity contribution in [2.75, 3.05) is 0 Å². The first-order valence-corrected chi connectivity index (χ1v) is 17.9. The van der Waals surface area contributed by atoms with Crippen molar-refractivity contribution in [1.82, 2.24) is 10.6 Å². The van der Waals surface area contributed by atoms with E-state index < -0.39 is 0 Å². The lowest BCUT2D eigenvalue weighted by atomic mass is 10.0. The zero-order valence-electron chi connectivity index (χ0n) is 28.0. The zero-order chi connectivity index (χ0) is 32.4. The van der Waals surface area contributed by atoms with Gasteiger partial charge in [0.1, 0.15) is 11.6 Å². The van der Waals surface area contributed by atoms with Crippen molar-refractivity contribution in [1.29, 1.82) is 0 Å². The predicted octanol–water partition coefficient (Wildman–Crippen LogP) is 7.43. The molecule has 2 aliphatic carbocycles. The lowest BCUT2D eigenvalue weighted by molar-refractivity contribution is -0.131. The SMILES string of the molecule is CCCCCCCCCC(=O)CC(=O)N[C@H]1CCCC1=O.CCCCCCCCCCCC(=O)CC(=O)N[C@H]1CCCC1=O. The van der Waals surface area contributed by atoms with E-state index in [1.54, 1.807) is 0 Å². The van der Waals surface area contributed by atoms with E-state index in [9.17, 15) is 28.8 Å². The molecule has 0 aromatic rings. The highest BCUT2D eigenvalue weighted by atomic mass is 16.2.